The van der Waals surface area contributed by atoms with Crippen LogP contribution in [0.2, 0.25) is 0 Å². The fourth-order valence-electron chi connectivity index (χ4n) is 3.23. The lowest BCUT2D eigenvalue weighted by atomic mass is 10.0. The number of hydrogen-bond donors (Lipinski definition) is 2. The minimum Gasteiger partial charge on any atom is -0.489 e. The van der Waals surface area contributed by atoms with E-state index in [9.17, 15) is 9.59 Å². The van der Waals surface area contributed by atoms with Gasteiger partial charge in [-0.1, -0.05) is 48.5 Å². The highest BCUT2D eigenvalue weighted by Gasteiger charge is 2.25. The molecule has 6 heteroatoms. The summed E-state index contributed by atoms with van der Waals surface area (Å²) in [7, 11) is 0. The largest absolute Gasteiger partial charge is 0.489 e. The maximum absolute atomic E-state index is 11.9. The van der Waals surface area contributed by atoms with Crippen molar-refractivity contribution in [3.63, 3.8) is 0 Å². The molecular weight excluding hydrogens is 384 g/mol. The van der Waals surface area contributed by atoms with Gasteiger partial charge in [0.25, 0.3) is 11.8 Å². The first-order valence-corrected chi connectivity index (χ1v) is 9.50. The molecule has 1 heterocycles. The van der Waals surface area contributed by atoms with E-state index in [-0.39, 0.29) is 10.7 Å². The SMILES string of the molecule is Cc1ccc2ccccc2c1COc1ccc(C=C2C(=O)NC(=S)NC2=O)cc1. The summed E-state index contributed by atoms with van der Waals surface area (Å²) in [5, 5.41) is 7.22. The molecule has 1 fully saturated rings. The molecule has 0 atom stereocenters. The van der Waals surface area contributed by atoms with E-state index in [1.54, 1.807) is 12.1 Å². The van der Waals surface area contributed by atoms with Crippen LogP contribution in [0.25, 0.3) is 16.8 Å². The van der Waals surface area contributed by atoms with Gasteiger partial charge < -0.3 is 4.74 Å². The van der Waals surface area contributed by atoms with Gasteiger partial charge >= 0.3 is 0 Å². The summed E-state index contributed by atoms with van der Waals surface area (Å²) in [4.78, 5) is 23.9. The van der Waals surface area contributed by atoms with Gasteiger partial charge in [0, 0.05) is 5.56 Å². The molecule has 2 amide bonds. The molecule has 1 aliphatic rings. The molecule has 1 saturated heterocycles. The van der Waals surface area contributed by atoms with Crippen LogP contribution in [0.1, 0.15) is 16.7 Å². The smallest absolute Gasteiger partial charge is 0.263 e. The second kappa shape index (κ2) is 7.85. The van der Waals surface area contributed by atoms with E-state index in [0.29, 0.717) is 17.9 Å². The van der Waals surface area contributed by atoms with Crippen molar-refractivity contribution in [1.82, 2.24) is 10.6 Å². The molecule has 3 aromatic rings. The average molecular weight is 402 g/mol. The molecule has 0 spiro atoms. The second-order valence-corrected chi connectivity index (χ2v) is 7.14. The predicted octanol–water partition coefficient (Wildman–Crippen LogP) is 3.64. The lowest BCUT2D eigenvalue weighted by Crippen LogP contribution is -2.51. The first-order valence-electron chi connectivity index (χ1n) is 9.10. The number of carbonyl (C=O) groups is 2. The average Bonchev–Trinajstić information content (AvgIpc) is 2.71. The zero-order valence-corrected chi connectivity index (χ0v) is 16.5. The molecule has 0 radical (unpaired) electrons. The van der Waals surface area contributed by atoms with Crippen LogP contribution in [0.3, 0.4) is 0 Å². The van der Waals surface area contributed by atoms with Gasteiger partial charge in [-0.2, -0.15) is 0 Å². The van der Waals surface area contributed by atoms with Crippen LogP contribution >= 0.6 is 12.2 Å². The predicted molar refractivity (Wildman–Crippen MR) is 116 cm³/mol. The zero-order valence-electron chi connectivity index (χ0n) is 15.7. The van der Waals surface area contributed by atoms with Gasteiger partial charge in [-0.25, -0.2) is 0 Å². The normalized spacial score (nSPS) is 13.8. The number of hydrogen-bond acceptors (Lipinski definition) is 4. The Balaban J connectivity index is 1.51. The van der Waals surface area contributed by atoms with Gasteiger partial charge in [0.15, 0.2) is 5.11 Å². The van der Waals surface area contributed by atoms with Crippen molar-refractivity contribution in [2.45, 2.75) is 13.5 Å². The van der Waals surface area contributed by atoms with Gasteiger partial charge in [-0.15, -0.1) is 0 Å². The van der Waals surface area contributed by atoms with E-state index in [0.717, 1.165) is 5.56 Å². The van der Waals surface area contributed by atoms with Gasteiger partial charge in [0.05, 0.1) is 0 Å². The third kappa shape index (κ3) is 4.02. The third-order valence-electron chi connectivity index (χ3n) is 4.79. The maximum atomic E-state index is 11.9. The monoisotopic (exact) mass is 402 g/mol. The van der Waals surface area contributed by atoms with Gasteiger partial charge in [-0.05, 0) is 59.2 Å². The van der Waals surface area contributed by atoms with Crippen LogP contribution in [0.5, 0.6) is 5.75 Å². The van der Waals surface area contributed by atoms with Crippen molar-refractivity contribution in [3.8, 4) is 5.75 Å². The van der Waals surface area contributed by atoms with Crippen molar-refractivity contribution in [1.29, 1.82) is 0 Å². The van der Waals surface area contributed by atoms with Crippen LogP contribution < -0.4 is 15.4 Å². The van der Waals surface area contributed by atoms with Gasteiger partial charge in [-0.3, -0.25) is 20.2 Å². The highest BCUT2D eigenvalue weighted by molar-refractivity contribution is 7.80. The van der Waals surface area contributed by atoms with Crippen molar-refractivity contribution < 1.29 is 14.3 Å². The third-order valence-corrected chi connectivity index (χ3v) is 5.00. The molecule has 0 bridgehead atoms. The number of nitrogens with one attached hydrogen (secondary N) is 2. The van der Waals surface area contributed by atoms with Crippen molar-refractivity contribution in [2.24, 2.45) is 0 Å². The van der Waals surface area contributed by atoms with Crippen molar-refractivity contribution in [2.75, 3.05) is 0 Å². The molecule has 29 heavy (non-hydrogen) atoms. The first-order chi connectivity index (χ1) is 14.0. The standard InChI is InChI=1S/C23H18N2O3S/c1-14-6-9-16-4-2-3-5-18(16)20(14)13-28-17-10-7-15(8-11-17)12-19-21(26)24-23(29)25-22(19)27/h2-12H,13H2,1H3,(H2,24,25,26,27,29). The molecule has 144 valence electrons. The van der Waals surface area contributed by atoms with E-state index < -0.39 is 11.8 Å². The lowest BCUT2D eigenvalue weighted by Gasteiger charge is -2.16. The number of amides is 2. The lowest BCUT2D eigenvalue weighted by molar-refractivity contribution is -0.123. The topological polar surface area (TPSA) is 67.4 Å². The van der Waals surface area contributed by atoms with Gasteiger partial charge in [0.1, 0.15) is 17.9 Å². The molecule has 0 unspecified atom stereocenters. The summed E-state index contributed by atoms with van der Waals surface area (Å²) < 4.78 is 5.99. The summed E-state index contributed by atoms with van der Waals surface area (Å²) in [6, 6.07) is 19.7. The Morgan fingerprint density at radius 2 is 1.62 bits per heavy atom. The number of aryl methyl sites for hydroxylation is 1. The molecular formula is C23H18N2O3S. The highest BCUT2D eigenvalue weighted by atomic mass is 32.1. The minimum absolute atomic E-state index is 0.0126. The number of fused-ring (bicyclic) bond motifs is 1. The molecule has 4 rings (SSSR count). The summed E-state index contributed by atoms with van der Waals surface area (Å²) in [5.74, 6) is -0.311. The maximum Gasteiger partial charge on any atom is 0.263 e. The Labute approximate surface area is 173 Å². The Kier molecular flexibility index (Phi) is 5.10. The summed E-state index contributed by atoms with van der Waals surface area (Å²) in [5.41, 5.74) is 3.06. The second-order valence-electron chi connectivity index (χ2n) is 6.74. The fourth-order valence-corrected chi connectivity index (χ4v) is 3.41. The molecule has 0 aromatic heterocycles. The molecule has 3 aromatic carbocycles. The van der Waals surface area contributed by atoms with E-state index in [1.165, 1.54) is 22.4 Å². The summed E-state index contributed by atoms with van der Waals surface area (Å²) in [6.45, 7) is 2.53. The van der Waals surface area contributed by atoms with Crippen LogP contribution in [-0.4, -0.2) is 16.9 Å². The molecule has 1 aliphatic heterocycles. The number of thiocarbonyl (C=S) groups is 1. The molecule has 2 N–H and O–H groups in total. The molecule has 0 saturated carbocycles. The van der Waals surface area contributed by atoms with Crippen LogP contribution in [0, 0.1) is 6.92 Å². The van der Waals surface area contributed by atoms with Crippen LogP contribution in [0.15, 0.2) is 66.2 Å². The number of carbonyl (C=O) groups excluding carboxylic acids is 2. The van der Waals surface area contributed by atoms with Crippen LogP contribution in [0.4, 0.5) is 0 Å². The Bertz CT molecular complexity index is 1140. The zero-order chi connectivity index (χ0) is 20.4. The first kappa shape index (κ1) is 18.8. The molecule has 5 nitrogen and oxygen atoms in total. The molecule has 0 aliphatic carbocycles. The number of rotatable bonds is 4. The number of benzene rings is 3. The number of ether oxygens (including phenoxy) is 1. The minimum atomic E-state index is -0.509. The van der Waals surface area contributed by atoms with E-state index in [1.807, 2.05) is 24.3 Å². The Hall–Kier alpha value is -3.51. The van der Waals surface area contributed by atoms with Crippen molar-refractivity contribution in [3.05, 3.63) is 82.9 Å². The van der Waals surface area contributed by atoms with Crippen LogP contribution in [-0.2, 0) is 16.2 Å². The summed E-state index contributed by atoms with van der Waals surface area (Å²) in [6.07, 6.45) is 1.52. The fraction of sp³-hybridized carbons (Fsp3) is 0.0870. The quantitative estimate of drug-likeness (QED) is 0.397. The van der Waals surface area contributed by atoms with E-state index in [4.69, 9.17) is 17.0 Å². The van der Waals surface area contributed by atoms with Gasteiger partial charge in [0.2, 0.25) is 0 Å². The highest BCUT2D eigenvalue weighted by Crippen LogP contribution is 2.24. The van der Waals surface area contributed by atoms with Crippen molar-refractivity contribution >= 4 is 46.0 Å². The Morgan fingerprint density at radius 3 is 2.34 bits per heavy atom. The Morgan fingerprint density at radius 1 is 0.931 bits per heavy atom. The van der Waals surface area contributed by atoms with E-state index in [2.05, 4.69) is 41.8 Å². The van der Waals surface area contributed by atoms with E-state index >= 15 is 0 Å². The summed E-state index contributed by atoms with van der Waals surface area (Å²) >= 11 is 4.79.